The number of hydrogen-bond donors (Lipinski definition) is 0. The van der Waals surface area contributed by atoms with Gasteiger partial charge in [-0.2, -0.15) is 0 Å². The van der Waals surface area contributed by atoms with Crippen molar-refractivity contribution >= 4 is 6.08 Å². The second-order valence-electron chi connectivity index (χ2n) is 4.55. The van der Waals surface area contributed by atoms with Crippen LogP contribution in [0, 0.1) is 70.6 Å². The van der Waals surface area contributed by atoms with E-state index in [0.29, 0.717) is 0 Å². The first-order valence-corrected chi connectivity index (χ1v) is 6.72. The van der Waals surface area contributed by atoms with Crippen LogP contribution in [0.4, 0.5) is 0 Å². The molecule has 0 N–H and O–H groups in total. The fourth-order valence-electron chi connectivity index (χ4n) is 1.70. The third-order valence-electron chi connectivity index (χ3n) is 2.82. The molecule has 0 aromatic heterocycles. The molecule has 2 aliphatic rings. The molecule has 1 aromatic rings. The maximum atomic E-state index is 3.17. The van der Waals surface area contributed by atoms with Crippen molar-refractivity contribution in [2.24, 2.45) is 0 Å². The molecule has 10 radical (unpaired) electrons. The fourth-order valence-corrected chi connectivity index (χ4v) is 1.70. The van der Waals surface area contributed by atoms with E-state index in [-0.39, 0.29) is 17.1 Å². The van der Waals surface area contributed by atoms with Crippen molar-refractivity contribution in [2.75, 3.05) is 0 Å². The van der Waals surface area contributed by atoms with Gasteiger partial charge in [-0.25, -0.2) is 0 Å². The van der Waals surface area contributed by atoms with Gasteiger partial charge in [0.25, 0.3) is 0 Å². The van der Waals surface area contributed by atoms with Crippen LogP contribution in [0.15, 0.2) is 36.1 Å². The molecule has 0 unspecified atom stereocenters. The van der Waals surface area contributed by atoms with E-state index in [1.54, 1.807) is 0 Å². The Bertz CT molecular complexity index is 420. The Morgan fingerprint density at radius 2 is 1.24 bits per heavy atom. The van der Waals surface area contributed by atoms with Crippen LogP contribution in [0.3, 0.4) is 0 Å². The van der Waals surface area contributed by atoms with Crippen molar-refractivity contribution in [3.05, 3.63) is 111 Å². The van der Waals surface area contributed by atoms with Gasteiger partial charge in [0.2, 0.25) is 0 Å². The molecule has 0 amide bonds. The number of benzene rings is 1. The molecule has 104 valence electrons. The van der Waals surface area contributed by atoms with Gasteiger partial charge < -0.3 is 0 Å². The smallest absolute Gasteiger partial charge is 0.124 e. The summed E-state index contributed by atoms with van der Waals surface area (Å²) in [6.07, 6.45) is 22.2. The third kappa shape index (κ3) is 7.72. The molecule has 21 heavy (non-hydrogen) atoms. The van der Waals surface area contributed by atoms with Crippen LogP contribution in [-0.4, -0.2) is 0 Å². The minimum Gasteiger partial charge on any atom is -0.124 e. The maximum absolute atomic E-state index is 3.17. The van der Waals surface area contributed by atoms with Crippen LogP contribution in [0.1, 0.15) is 11.1 Å². The second kappa shape index (κ2) is 10.9. The summed E-state index contributed by atoms with van der Waals surface area (Å²) < 4.78 is 0. The first-order valence-electron chi connectivity index (χ1n) is 6.72. The van der Waals surface area contributed by atoms with E-state index in [0.717, 1.165) is 0 Å². The SMILES string of the molecule is Cc1ccc(C=C=C[C]2[CH][CH][CH][CH]2)cc1.[CH]1[CH][CH][CH][CH]1.[Fe+2]. The first-order chi connectivity index (χ1) is 9.84. The standard InChI is InChI=1S/C15H13.C5H5.Fe/c1-13-9-11-15(12-10-13)8-4-7-14-5-2-3-6-14;1-2-4-5-3-1;/h2-3,5-12H,1H3;1-5H;/q;;+2. The van der Waals surface area contributed by atoms with Crippen molar-refractivity contribution in [2.45, 2.75) is 6.92 Å². The van der Waals surface area contributed by atoms with Crippen LogP contribution >= 0.6 is 0 Å². The summed E-state index contributed by atoms with van der Waals surface area (Å²) in [6.45, 7) is 2.09. The molecular formula is C20H18Fe+2. The quantitative estimate of drug-likeness (QED) is 0.553. The van der Waals surface area contributed by atoms with Gasteiger partial charge >= 0.3 is 17.1 Å². The second-order valence-corrected chi connectivity index (χ2v) is 4.55. The molecule has 0 atom stereocenters. The molecule has 0 saturated heterocycles. The van der Waals surface area contributed by atoms with E-state index in [1.807, 2.05) is 57.1 Å². The Kier molecular flexibility index (Phi) is 9.51. The molecule has 0 aliphatic heterocycles. The van der Waals surface area contributed by atoms with E-state index in [9.17, 15) is 0 Å². The van der Waals surface area contributed by atoms with E-state index < -0.39 is 0 Å². The van der Waals surface area contributed by atoms with Crippen molar-refractivity contribution in [3.8, 4) is 0 Å². The minimum absolute atomic E-state index is 0. The zero-order valence-corrected chi connectivity index (χ0v) is 13.1. The average Bonchev–Trinajstić information content (AvgIpc) is 3.16. The van der Waals surface area contributed by atoms with Gasteiger partial charge in [-0.1, -0.05) is 29.8 Å². The van der Waals surface area contributed by atoms with Gasteiger partial charge in [0.1, 0.15) is 0 Å². The molecule has 2 aliphatic carbocycles. The first kappa shape index (κ1) is 18.3. The Morgan fingerprint density at radius 1 is 0.714 bits per heavy atom. The summed E-state index contributed by atoms with van der Waals surface area (Å²) in [7, 11) is 0. The maximum Gasteiger partial charge on any atom is 2.00 e. The molecule has 1 aromatic carbocycles. The normalized spacial score (nSPS) is 17.2. The average molecular weight is 314 g/mol. The topological polar surface area (TPSA) is 0 Å². The molecular weight excluding hydrogens is 296 g/mol. The van der Waals surface area contributed by atoms with E-state index in [4.69, 9.17) is 0 Å². The van der Waals surface area contributed by atoms with Gasteiger partial charge in [0.05, 0.1) is 0 Å². The number of rotatable bonds is 2. The largest absolute Gasteiger partial charge is 2.00 e. The van der Waals surface area contributed by atoms with Crippen LogP contribution < -0.4 is 0 Å². The third-order valence-corrected chi connectivity index (χ3v) is 2.82. The number of allylic oxidation sites excluding steroid dienone is 1. The molecule has 1 heteroatoms. The Balaban J connectivity index is 0.000000313. The Labute approximate surface area is 141 Å². The van der Waals surface area contributed by atoms with Gasteiger partial charge in [-0.3, -0.25) is 0 Å². The summed E-state index contributed by atoms with van der Waals surface area (Å²) in [5, 5.41) is 0. The van der Waals surface area contributed by atoms with E-state index in [2.05, 4.69) is 49.8 Å². The molecule has 0 spiro atoms. The fraction of sp³-hybridized carbons (Fsp3) is 0.0500. The van der Waals surface area contributed by atoms with Gasteiger partial charge in [-0.05, 0) is 82.4 Å². The Morgan fingerprint density at radius 3 is 1.76 bits per heavy atom. The molecule has 0 nitrogen and oxygen atoms in total. The van der Waals surface area contributed by atoms with Gasteiger partial charge in [-0.15, -0.1) is 5.73 Å². The summed E-state index contributed by atoms with van der Waals surface area (Å²) in [5.41, 5.74) is 5.64. The summed E-state index contributed by atoms with van der Waals surface area (Å²) in [6, 6.07) is 8.41. The van der Waals surface area contributed by atoms with Crippen LogP contribution in [0.25, 0.3) is 6.08 Å². The van der Waals surface area contributed by atoms with Gasteiger partial charge in [0, 0.05) is 5.92 Å². The summed E-state index contributed by atoms with van der Waals surface area (Å²) in [4.78, 5) is 0. The van der Waals surface area contributed by atoms with Crippen molar-refractivity contribution in [1.82, 2.24) is 0 Å². The molecule has 3 rings (SSSR count). The summed E-state index contributed by atoms with van der Waals surface area (Å²) >= 11 is 0. The number of hydrogen-bond acceptors (Lipinski definition) is 0. The summed E-state index contributed by atoms with van der Waals surface area (Å²) in [5.74, 6) is 1.19. The zero-order chi connectivity index (χ0) is 14.0. The van der Waals surface area contributed by atoms with Crippen LogP contribution in [0.5, 0.6) is 0 Å². The molecule has 0 heterocycles. The van der Waals surface area contributed by atoms with Crippen molar-refractivity contribution in [3.63, 3.8) is 0 Å². The molecule has 2 saturated carbocycles. The predicted octanol–water partition coefficient (Wildman–Crippen LogP) is 4.59. The number of aryl methyl sites for hydroxylation is 1. The molecule has 0 bridgehead atoms. The van der Waals surface area contributed by atoms with Gasteiger partial charge in [0.15, 0.2) is 0 Å². The minimum atomic E-state index is 0. The van der Waals surface area contributed by atoms with Crippen LogP contribution in [-0.2, 0) is 17.1 Å². The predicted molar refractivity (Wildman–Crippen MR) is 85.7 cm³/mol. The Hall–Kier alpha value is -0.741. The van der Waals surface area contributed by atoms with E-state index in [1.165, 1.54) is 17.0 Å². The zero-order valence-electron chi connectivity index (χ0n) is 12.0. The van der Waals surface area contributed by atoms with E-state index >= 15 is 0 Å². The monoisotopic (exact) mass is 314 g/mol. The molecule has 2 fully saturated rings. The van der Waals surface area contributed by atoms with Crippen molar-refractivity contribution < 1.29 is 17.1 Å². The van der Waals surface area contributed by atoms with Crippen molar-refractivity contribution in [1.29, 1.82) is 0 Å². The van der Waals surface area contributed by atoms with Crippen LogP contribution in [0.2, 0.25) is 0 Å².